The van der Waals surface area contributed by atoms with Crippen molar-refractivity contribution in [2.75, 3.05) is 38.2 Å². The van der Waals surface area contributed by atoms with E-state index in [0.29, 0.717) is 32.0 Å². The van der Waals surface area contributed by atoms with Gasteiger partial charge in [0.15, 0.2) is 6.61 Å². The van der Waals surface area contributed by atoms with Crippen LogP contribution in [-0.4, -0.2) is 57.5 Å². The fourth-order valence-corrected chi connectivity index (χ4v) is 4.05. The Kier molecular flexibility index (Phi) is 6.57. The highest BCUT2D eigenvalue weighted by Gasteiger charge is 2.26. The summed E-state index contributed by atoms with van der Waals surface area (Å²) >= 11 is 0. The van der Waals surface area contributed by atoms with Crippen LogP contribution < -0.4 is 5.32 Å². The number of carbonyl (C=O) groups is 2. The van der Waals surface area contributed by atoms with Gasteiger partial charge in [0.2, 0.25) is 10.0 Å². The summed E-state index contributed by atoms with van der Waals surface area (Å²) in [6, 6.07) is 10.4. The summed E-state index contributed by atoms with van der Waals surface area (Å²) in [5, 5.41) is 2.51. The van der Waals surface area contributed by atoms with Gasteiger partial charge in [0, 0.05) is 18.8 Å². The highest BCUT2D eigenvalue weighted by atomic mass is 32.2. The third-order valence-electron chi connectivity index (χ3n) is 4.16. The molecule has 1 aliphatic heterocycles. The van der Waals surface area contributed by atoms with E-state index in [-0.39, 0.29) is 10.5 Å². The van der Waals surface area contributed by atoms with Crippen molar-refractivity contribution in [3.63, 3.8) is 0 Å². The summed E-state index contributed by atoms with van der Waals surface area (Å²) < 4.78 is 49.3. The van der Waals surface area contributed by atoms with Crippen LogP contribution in [0.5, 0.6) is 0 Å². The summed E-state index contributed by atoms with van der Waals surface area (Å²) in [6.45, 7) is 0.749. The molecule has 10 heteroatoms. The molecule has 0 radical (unpaired) electrons. The van der Waals surface area contributed by atoms with Gasteiger partial charge in [-0.05, 0) is 48.5 Å². The fourth-order valence-electron chi connectivity index (χ4n) is 2.64. The topological polar surface area (TPSA) is 102 Å². The molecule has 0 spiro atoms. The zero-order valence-corrected chi connectivity index (χ0v) is 16.2. The van der Waals surface area contributed by atoms with Crippen LogP contribution in [0, 0.1) is 5.82 Å². The third kappa shape index (κ3) is 5.37. The van der Waals surface area contributed by atoms with Crippen LogP contribution in [0.3, 0.4) is 0 Å². The zero-order chi connectivity index (χ0) is 20.9. The number of halogens is 1. The van der Waals surface area contributed by atoms with Gasteiger partial charge >= 0.3 is 5.97 Å². The number of rotatable bonds is 6. The molecule has 154 valence electrons. The van der Waals surface area contributed by atoms with E-state index in [4.69, 9.17) is 9.47 Å². The van der Waals surface area contributed by atoms with Gasteiger partial charge in [0.05, 0.1) is 23.7 Å². The maximum Gasteiger partial charge on any atom is 0.338 e. The van der Waals surface area contributed by atoms with Crippen molar-refractivity contribution in [1.82, 2.24) is 4.31 Å². The van der Waals surface area contributed by atoms with E-state index >= 15 is 0 Å². The molecule has 1 saturated heterocycles. The third-order valence-corrected chi connectivity index (χ3v) is 6.07. The van der Waals surface area contributed by atoms with Gasteiger partial charge in [-0.1, -0.05) is 0 Å². The molecule has 0 bridgehead atoms. The molecule has 0 atom stereocenters. The minimum atomic E-state index is -3.62. The first-order chi connectivity index (χ1) is 13.9. The average Bonchev–Trinajstić information content (AvgIpc) is 2.73. The number of amides is 1. The van der Waals surface area contributed by atoms with Gasteiger partial charge in [0.25, 0.3) is 5.91 Å². The van der Waals surface area contributed by atoms with Crippen molar-refractivity contribution in [2.24, 2.45) is 0 Å². The maximum atomic E-state index is 12.9. The van der Waals surface area contributed by atoms with Crippen molar-refractivity contribution < 1.29 is 31.9 Å². The van der Waals surface area contributed by atoms with Crippen molar-refractivity contribution >= 4 is 27.6 Å². The molecular weight excluding hydrogens is 403 g/mol. The Hall–Kier alpha value is -2.82. The number of nitrogens with zero attached hydrogens (tertiary/aromatic N) is 1. The SMILES string of the molecule is O=C(COC(=O)c1ccc(F)cc1)Nc1ccc(S(=O)(=O)N2CCOCC2)cc1. The summed E-state index contributed by atoms with van der Waals surface area (Å²) in [7, 11) is -3.62. The molecule has 1 heterocycles. The molecule has 8 nitrogen and oxygen atoms in total. The molecule has 0 aliphatic carbocycles. The number of carbonyl (C=O) groups excluding carboxylic acids is 2. The second kappa shape index (κ2) is 9.12. The van der Waals surface area contributed by atoms with E-state index < -0.39 is 34.3 Å². The Morgan fingerprint density at radius 2 is 1.66 bits per heavy atom. The standard InChI is InChI=1S/C19H19FN2O6S/c20-15-3-1-14(2-4-15)19(24)28-13-18(23)21-16-5-7-17(8-6-16)29(25,26)22-9-11-27-12-10-22/h1-8H,9-13H2,(H,21,23). The van der Waals surface area contributed by atoms with Gasteiger partial charge < -0.3 is 14.8 Å². The molecule has 0 aromatic heterocycles. The van der Waals surface area contributed by atoms with E-state index in [1.165, 1.54) is 40.7 Å². The zero-order valence-electron chi connectivity index (χ0n) is 15.3. The van der Waals surface area contributed by atoms with E-state index in [2.05, 4.69) is 5.32 Å². The Morgan fingerprint density at radius 1 is 1.03 bits per heavy atom. The monoisotopic (exact) mass is 422 g/mol. The number of hydrogen-bond acceptors (Lipinski definition) is 6. The molecule has 1 aliphatic rings. The molecule has 3 rings (SSSR count). The lowest BCUT2D eigenvalue weighted by Gasteiger charge is -2.26. The van der Waals surface area contributed by atoms with Crippen molar-refractivity contribution in [1.29, 1.82) is 0 Å². The second-order valence-electron chi connectivity index (χ2n) is 6.17. The molecule has 0 unspecified atom stereocenters. The van der Waals surface area contributed by atoms with Gasteiger partial charge in [-0.3, -0.25) is 4.79 Å². The highest BCUT2D eigenvalue weighted by Crippen LogP contribution is 2.19. The molecule has 1 N–H and O–H groups in total. The van der Waals surface area contributed by atoms with Crippen LogP contribution in [0.2, 0.25) is 0 Å². The lowest BCUT2D eigenvalue weighted by Crippen LogP contribution is -2.40. The van der Waals surface area contributed by atoms with Gasteiger partial charge in [-0.2, -0.15) is 4.31 Å². The van der Waals surface area contributed by atoms with Gasteiger partial charge in [-0.25, -0.2) is 17.6 Å². The van der Waals surface area contributed by atoms with Crippen molar-refractivity contribution in [3.8, 4) is 0 Å². The molecule has 1 amide bonds. The number of sulfonamides is 1. The van der Waals surface area contributed by atoms with Crippen molar-refractivity contribution in [3.05, 3.63) is 59.9 Å². The Bertz CT molecular complexity index is 971. The van der Waals surface area contributed by atoms with E-state index in [0.717, 1.165) is 12.1 Å². The number of hydrogen-bond donors (Lipinski definition) is 1. The lowest BCUT2D eigenvalue weighted by molar-refractivity contribution is -0.119. The fraction of sp³-hybridized carbons (Fsp3) is 0.263. The minimum Gasteiger partial charge on any atom is -0.452 e. The van der Waals surface area contributed by atoms with Crippen LogP contribution in [0.4, 0.5) is 10.1 Å². The number of morpholine rings is 1. The predicted octanol–water partition coefficient (Wildman–Crippen LogP) is 1.64. The van der Waals surface area contributed by atoms with Crippen LogP contribution in [0.25, 0.3) is 0 Å². The van der Waals surface area contributed by atoms with E-state index in [1.54, 1.807) is 0 Å². The first-order valence-corrected chi connectivity index (χ1v) is 10.2. The van der Waals surface area contributed by atoms with E-state index in [9.17, 15) is 22.4 Å². The summed E-state index contributed by atoms with van der Waals surface area (Å²) in [5.74, 6) is -1.84. The smallest absolute Gasteiger partial charge is 0.338 e. The second-order valence-corrected chi connectivity index (χ2v) is 8.11. The van der Waals surface area contributed by atoms with Crippen LogP contribution >= 0.6 is 0 Å². The van der Waals surface area contributed by atoms with Crippen LogP contribution in [-0.2, 0) is 24.3 Å². The molecule has 0 saturated carbocycles. The molecule has 2 aromatic rings. The largest absolute Gasteiger partial charge is 0.452 e. The highest BCUT2D eigenvalue weighted by molar-refractivity contribution is 7.89. The number of anilines is 1. The average molecular weight is 422 g/mol. The van der Waals surface area contributed by atoms with Crippen LogP contribution in [0.1, 0.15) is 10.4 Å². The summed E-state index contributed by atoms with van der Waals surface area (Å²) in [6.07, 6.45) is 0. The lowest BCUT2D eigenvalue weighted by atomic mass is 10.2. The molecular formula is C19H19FN2O6S. The Labute approximate surface area is 167 Å². The Balaban J connectivity index is 1.54. The summed E-state index contributed by atoms with van der Waals surface area (Å²) in [5.41, 5.74) is 0.477. The molecule has 2 aromatic carbocycles. The molecule has 1 fully saturated rings. The first kappa shape index (κ1) is 20.9. The minimum absolute atomic E-state index is 0.111. The van der Waals surface area contributed by atoms with Crippen LogP contribution in [0.15, 0.2) is 53.4 Å². The maximum absolute atomic E-state index is 12.9. The number of nitrogens with one attached hydrogen (secondary N) is 1. The Morgan fingerprint density at radius 3 is 2.28 bits per heavy atom. The molecule has 29 heavy (non-hydrogen) atoms. The first-order valence-electron chi connectivity index (χ1n) is 8.77. The predicted molar refractivity (Wildman–Crippen MR) is 101 cm³/mol. The van der Waals surface area contributed by atoms with Gasteiger partial charge in [-0.15, -0.1) is 0 Å². The quantitative estimate of drug-likeness (QED) is 0.710. The number of ether oxygens (including phenoxy) is 2. The normalized spacial score (nSPS) is 14.9. The van der Waals surface area contributed by atoms with Gasteiger partial charge in [0.1, 0.15) is 5.82 Å². The number of benzene rings is 2. The summed E-state index contributed by atoms with van der Waals surface area (Å²) in [4.78, 5) is 23.9. The number of esters is 1. The van der Waals surface area contributed by atoms with Crippen molar-refractivity contribution in [2.45, 2.75) is 4.90 Å². The van der Waals surface area contributed by atoms with E-state index in [1.807, 2.05) is 0 Å².